The zero-order valence-corrected chi connectivity index (χ0v) is 68.5. The van der Waals surface area contributed by atoms with Crippen molar-refractivity contribution in [1.82, 2.24) is 0 Å². The number of nitrogens with zero attached hydrogens (tertiary/aromatic N) is 6. The van der Waals surface area contributed by atoms with E-state index >= 15 is 0 Å². The van der Waals surface area contributed by atoms with Gasteiger partial charge in [-0.05, 0) is 114 Å². The van der Waals surface area contributed by atoms with E-state index in [1.54, 1.807) is 149 Å². The van der Waals surface area contributed by atoms with E-state index in [1.165, 1.54) is 34.0 Å². The van der Waals surface area contributed by atoms with Gasteiger partial charge in [-0.1, -0.05) is 151 Å². The number of ether oxygens (including phenoxy) is 10. The summed E-state index contributed by atoms with van der Waals surface area (Å²) in [4.78, 5) is 68.1. The van der Waals surface area contributed by atoms with E-state index in [9.17, 15) is 60.7 Å². The van der Waals surface area contributed by atoms with E-state index in [1.807, 2.05) is 181 Å². The van der Waals surface area contributed by atoms with Gasteiger partial charge in [0.05, 0.1) is 67.7 Å². The number of rotatable bonds is 16. The van der Waals surface area contributed by atoms with E-state index in [0.29, 0.717) is 79.7 Å². The SMILES string of the molecule is COc1cccc2c1OC(c1ccc(C)cc1)C([N+](=O)[O-])=C2.COc1cccc2c1OC(c1cccs1)C([N+](=O)[O-])=C2.COc1cccc2c1OC(c1ccsc1)C([N+](=O)[O-])=C2.COc1cccc2c1OC(c1csc(C)c1)C([N+](=O)[O-])=C2.Cc1ccccc1C1Oc2ccccc2C=C1[N+](=O)[O-].O=[N+]([O-])C1=Cc2ccccc2OC1c1cccs1. The van der Waals surface area contributed by atoms with Crippen molar-refractivity contribution in [2.75, 3.05) is 28.4 Å². The van der Waals surface area contributed by atoms with Gasteiger partial charge in [0.15, 0.2) is 46.0 Å². The second kappa shape index (κ2) is 38.2. The molecule has 0 aliphatic carbocycles. The third kappa shape index (κ3) is 19.2. The van der Waals surface area contributed by atoms with Crippen LogP contribution in [0.4, 0.5) is 0 Å². The number of methoxy groups -OCH3 is 4. The van der Waals surface area contributed by atoms with Gasteiger partial charge in [-0.15, -0.1) is 34.0 Å². The first-order valence-electron chi connectivity index (χ1n) is 36.8. The summed E-state index contributed by atoms with van der Waals surface area (Å²) in [5.41, 5.74) is 9.56. The molecule has 121 heavy (non-hydrogen) atoms. The molecule has 0 bridgehead atoms. The molecule has 0 fully saturated rings. The first-order valence-corrected chi connectivity index (χ1v) is 40.4. The van der Waals surface area contributed by atoms with Crippen LogP contribution in [0.1, 0.15) is 118 Å². The number of hydrogen-bond acceptors (Lipinski definition) is 26. The number of nitro groups is 6. The summed E-state index contributed by atoms with van der Waals surface area (Å²) in [6.07, 6.45) is 5.22. The van der Waals surface area contributed by atoms with E-state index in [2.05, 4.69) is 0 Å². The Balaban J connectivity index is 0.000000125. The number of para-hydroxylation sites is 6. The van der Waals surface area contributed by atoms with Crippen LogP contribution in [0.3, 0.4) is 0 Å². The van der Waals surface area contributed by atoms with Crippen molar-refractivity contribution >= 4 is 81.8 Å². The normalized spacial score (nSPS) is 16.8. The smallest absolute Gasteiger partial charge is 0.292 e. The van der Waals surface area contributed by atoms with E-state index in [4.69, 9.17) is 47.4 Å². The minimum Gasteiger partial charge on any atom is -0.493 e. The molecule has 0 amide bonds. The predicted octanol–water partition coefficient (Wildman–Crippen LogP) is 21.8. The molecule has 4 aromatic heterocycles. The highest BCUT2D eigenvalue weighted by Crippen LogP contribution is 2.49. The number of benzene rings is 8. The van der Waals surface area contributed by atoms with E-state index in [0.717, 1.165) is 59.1 Å². The lowest BCUT2D eigenvalue weighted by atomic mass is 9.97. The van der Waals surface area contributed by atoms with Gasteiger partial charge >= 0.3 is 0 Å². The van der Waals surface area contributed by atoms with Gasteiger partial charge in [0.2, 0.25) is 36.6 Å². The lowest BCUT2D eigenvalue weighted by molar-refractivity contribution is -0.434. The summed E-state index contributed by atoms with van der Waals surface area (Å²) in [5, 5.41) is 77.1. The Labute approximate surface area is 707 Å². The van der Waals surface area contributed by atoms with Crippen LogP contribution in [0.15, 0.2) is 267 Å². The standard InChI is InChI=1S/C17H15NO4.C16H13NO3.C15H13NO4S.2C14H11NO4S.C13H9NO3S/c1-11-6-8-12(9-7-11)16-14(18(19)20)10-13-4-3-5-15(21-2)17(13)22-16;1-11-6-2-4-8-13(11)16-14(17(18)19)10-12-7-3-5-9-15(12)20-16;1-9-6-11(8-21-9)14-12(16(17)18)7-10-4-3-5-13(19-2)15(10)20-14;1-18-11-5-2-4-9-8-10(15(16)17)14(19-13(9)11)12-6-3-7-20-12;1-18-12-4-2-3-9-7-11(15(16)17)13(19-14(9)12)10-5-6-20-8-10;15-14(16)10-8-9-4-1-2-5-11(9)17-13(10)12-6-3-7-18-12/h3-10,16H,1-2H3;2-10,16H,1H3;3-8,14H,1-2H3;2-8,14H,1H3;2-8,13H,1H3;1-8,13H. The zero-order chi connectivity index (χ0) is 85.5. The molecule has 6 unspecified atom stereocenters. The summed E-state index contributed by atoms with van der Waals surface area (Å²) in [7, 11) is 6.19. The second-order valence-corrected chi connectivity index (χ2v) is 30.7. The van der Waals surface area contributed by atoms with Crippen LogP contribution in [0.25, 0.3) is 36.5 Å². The van der Waals surface area contributed by atoms with Crippen LogP contribution in [-0.2, 0) is 0 Å². The fraction of sp³-hybridized carbons (Fsp3) is 0.146. The Morgan fingerprint density at radius 2 is 0.653 bits per heavy atom. The maximum atomic E-state index is 11.4. The molecular formula is C89H72N6O22S4. The Bertz CT molecular complexity index is 5940. The van der Waals surface area contributed by atoms with Gasteiger partial charge in [0.25, 0.3) is 34.2 Å². The van der Waals surface area contributed by atoms with Gasteiger partial charge in [-0.3, -0.25) is 60.7 Å². The quantitative estimate of drug-likeness (QED) is 0.0640. The molecule has 0 saturated heterocycles. The predicted molar refractivity (Wildman–Crippen MR) is 459 cm³/mol. The maximum absolute atomic E-state index is 11.4. The van der Waals surface area contributed by atoms with Gasteiger partial charge in [-0.25, -0.2) is 0 Å². The van der Waals surface area contributed by atoms with Gasteiger partial charge < -0.3 is 47.4 Å². The van der Waals surface area contributed by atoms with Crippen molar-refractivity contribution in [3.05, 3.63) is 409 Å². The van der Waals surface area contributed by atoms with Crippen LogP contribution < -0.4 is 47.4 Å². The average molecular weight is 1710 g/mol. The average Bonchev–Trinajstić information content (AvgIpc) is 1.62. The zero-order valence-electron chi connectivity index (χ0n) is 65.2. The van der Waals surface area contributed by atoms with Crippen molar-refractivity contribution < 1.29 is 76.9 Å². The molecule has 0 saturated carbocycles. The molecule has 6 atom stereocenters. The van der Waals surface area contributed by atoms with Crippen molar-refractivity contribution in [2.45, 2.75) is 57.4 Å². The third-order valence-corrected chi connectivity index (χ3v) is 22.7. The van der Waals surface area contributed by atoms with Crippen LogP contribution >= 0.6 is 45.3 Å². The molecule has 18 rings (SSSR count). The van der Waals surface area contributed by atoms with Crippen molar-refractivity contribution in [2.24, 2.45) is 0 Å². The first-order chi connectivity index (χ1) is 58.5. The Morgan fingerprint density at radius 1 is 0.306 bits per heavy atom. The van der Waals surface area contributed by atoms with Crippen molar-refractivity contribution in [3.63, 3.8) is 0 Å². The monoisotopic (exact) mass is 1700 g/mol. The largest absolute Gasteiger partial charge is 0.493 e. The summed E-state index contributed by atoms with van der Waals surface area (Å²) >= 11 is 5.90. The number of aryl methyl sites for hydroxylation is 3. The highest BCUT2D eigenvalue weighted by atomic mass is 32.1. The molecular weight excluding hydrogens is 1630 g/mol. The Hall–Kier alpha value is -14.6. The molecule has 0 N–H and O–H groups in total. The number of thiophene rings is 4. The Morgan fingerprint density at radius 3 is 1.02 bits per heavy atom. The Kier molecular flexibility index (Phi) is 26.6. The van der Waals surface area contributed by atoms with Crippen LogP contribution in [0, 0.1) is 81.5 Å². The topological polar surface area (TPSA) is 351 Å². The minimum atomic E-state index is -0.751. The highest BCUT2D eigenvalue weighted by molar-refractivity contribution is 7.10. The molecule has 6 aliphatic rings. The first kappa shape index (κ1) is 84.3. The number of hydrogen-bond donors (Lipinski definition) is 0. The molecule has 12 aromatic rings. The molecule has 10 heterocycles. The fourth-order valence-corrected chi connectivity index (χ4v) is 16.3. The molecule has 28 nitrogen and oxygen atoms in total. The molecule has 0 spiro atoms. The fourth-order valence-electron chi connectivity index (χ4n) is 13.4. The van der Waals surface area contributed by atoms with E-state index in [-0.39, 0.29) is 49.0 Å². The van der Waals surface area contributed by atoms with Gasteiger partial charge in [-0.2, -0.15) is 11.3 Å². The summed E-state index contributed by atoms with van der Waals surface area (Å²) < 4.78 is 56.2. The van der Waals surface area contributed by atoms with E-state index < -0.39 is 51.4 Å². The maximum Gasteiger partial charge on any atom is 0.292 e. The molecule has 8 aromatic carbocycles. The van der Waals surface area contributed by atoms with Gasteiger partial charge in [0.1, 0.15) is 11.5 Å². The lowest BCUT2D eigenvalue weighted by Gasteiger charge is -2.24. The van der Waals surface area contributed by atoms with Crippen LogP contribution in [-0.4, -0.2) is 58.0 Å². The van der Waals surface area contributed by atoms with Crippen LogP contribution in [0.5, 0.6) is 57.5 Å². The summed E-state index contributed by atoms with van der Waals surface area (Å²) in [6.45, 7) is 5.85. The highest BCUT2D eigenvalue weighted by Gasteiger charge is 2.41. The molecule has 32 heteroatoms. The molecule has 0 radical (unpaired) electrons. The third-order valence-electron chi connectivity index (χ3n) is 19.2. The number of fused-ring (bicyclic) bond motifs is 6. The summed E-state index contributed by atoms with van der Waals surface area (Å²) in [6, 6.07) is 62.2. The van der Waals surface area contributed by atoms with Crippen molar-refractivity contribution in [1.29, 1.82) is 0 Å². The summed E-state index contributed by atoms with van der Waals surface area (Å²) in [5.74, 6) is 5.78. The lowest BCUT2D eigenvalue weighted by Crippen LogP contribution is -2.20. The minimum absolute atomic E-state index is 0.0182. The molecule has 6 aliphatic heterocycles. The van der Waals surface area contributed by atoms with Crippen molar-refractivity contribution in [3.8, 4) is 57.5 Å². The van der Waals surface area contributed by atoms with Crippen LogP contribution in [0.2, 0.25) is 0 Å². The second-order valence-electron chi connectivity index (χ2n) is 26.9. The molecule has 614 valence electrons. The van der Waals surface area contributed by atoms with Gasteiger partial charge in [0, 0.05) is 97.0 Å².